The molecule has 0 spiro atoms. The molecule has 4 heteroatoms. The second-order valence-electron chi connectivity index (χ2n) is 6.40. The topological polar surface area (TPSA) is 47.7 Å². The Morgan fingerprint density at radius 3 is 2.90 bits per heavy atom. The van der Waals surface area contributed by atoms with Crippen molar-refractivity contribution in [2.75, 3.05) is 31.4 Å². The van der Waals surface area contributed by atoms with Crippen LogP contribution < -0.4 is 15.4 Å². The molecule has 21 heavy (non-hydrogen) atoms. The molecule has 1 aromatic rings. The first kappa shape index (κ1) is 14.7. The highest BCUT2D eigenvalue weighted by Gasteiger charge is 2.22. The average Bonchev–Trinajstić information content (AvgIpc) is 3.29. The highest BCUT2D eigenvalue weighted by atomic mass is 16.7. The van der Waals surface area contributed by atoms with Gasteiger partial charge in [0.15, 0.2) is 6.79 Å². The van der Waals surface area contributed by atoms with Gasteiger partial charge in [0.05, 0.1) is 12.3 Å². The van der Waals surface area contributed by atoms with E-state index < -0.39 is 0 Å². The molecule has 1 saturated carbocycles. The lowest BCUT2D eigenvalue weighted by molar-refractivity contribution is 0.0102. The molecule has 2 N–H and O–H groups in total. The number of hydrogen-bond donors (Lipinski definition) is 1. The number of piperidine rings is 1. The number of nitrogens with zero attached hydrogens (tertiary/aromatic N) is 1. The Balaban J connectivity index is 1.63. The number of benzene rings is 1. The van der Waals surface area contributed by atoms with E-state index in [4.69, 9.17) is 15.2 Å². The van der Waals surface area contributed by atoms with Crippen molar-refractivity contribution in [2.24, 2.45) is 11.7 Å². The number of anilines is 1. The van der Waals surface area contributed by atoms with Crippen LogP contribution in [0.5, 0.6) is 5.75 Å². The highest BCUT2D eigenvalue weighted by Crippen LogP contribution is 2.32. The van der Waals surface area contributed by atoms with Crippen molar-refractivity contribution in [3.8, 4) is 5.75 Å². The maximum absolute atomic E-state index is 6.11. The SMILES string of the molecule is Cc1ccc(OCOCC2CC2)c(N2CCCC(N)C2)c1. The number of nitrogens with two attached hydrogens (primary N) is 1. The molecule has 1 heterocycles. The van der Waals surface area contributed by atoms with Gasteiger partial charge in [-0.15, -0.1) is 0 Å². The highest BCUT2D eigenvalue weighted by molar-refractivity contribution is 5.60. The van der Waals surface area contributed by atoms with E-state index in [0.717, 1.165) is 49.9 Å². The Bertz CT molecular complexity index is 474. The molecule has 0 bridgehead atoms. The Morgan fingerprint density at radius 1 is 1.29 bits per heavy atom. The standard InChI is InChI=1S/C17H26N2O2/c1-13-4-7-17(21-12-20-11-14-5-6-14)16(9-13)19-8-2-3-15(18)10-19/h4,7,9,14-15H,2-3,5-6,8,10-12,18H2,1H3. The summed E-state index contributed by atoms with van der Waals surface area (Å²) in [4.78, 5) is 2.34. The smallest absolute Gasteiger partial charge is 0.189 e. The molecule has 1 unspecified atom stereocenters. The van der Waals surface area contributed by atoms with E-state index in [0.29, 0.717) is 6.79 Å². The maximum Gasteiger partial charge on any atom is 0.189 e. The summed E-state index contributed by atoms with van der Waals surface area (Å²) in [5.41, 5.74) is 8.50. The van der Waals surface area contributed by atoms with Crippen LogP contribution in [0.15, 0.2) is 18.2 Å². The third-order valence-corrected chi connectivity index (χ3v) is 4.26. The second kappa shape index (κ2) is 6.67. The van der Waals surface area contributed by atoms with Gasteiger partial charge in [-0.2, -0.15) is 0 Å². The Hall–Kier alpha value is -1.26. The molecular formula is C17H26N2O2. The number of aryl methyl sites for hydroxylation is 1. The molecular weight excluding hydrogens is 264 g/mol. The Morgan fingerprint density at radius 2 is 2.14 bits per heavy atom. The molecule has 0 amide bonds. The lowest BCUT2D eigenvalue weighted by Gasteiger charge is -2.33. The normalized spacial score (nSPS) is 22.4. The predicted molar refractivity (Wildman–Crippen MR) is 84.8 cm³/mol. The van der Waals surface area contributed by atoms with E-state index in [-0.39, 0.29) is 6.04 Å². The van der Waals surface area contributed by atoms with E-state index in [2.05, 4.69) is 24.0 Å². The average molecular weight is 290 g/mol. The summed E-state index contributed by atoms with van der Waals surface area (Å²) in [6, 6.07) is 6.58. The first-order valence-corrected chi connectivity index (χ1v) is 8.04. The summed E-state index contributed by atoms with van der Waals surface area (Å²) in [5, 5.41) is 0. The van der Waals surface area contributed by atoms with Crippen LogP contribution in [0.3, 0.4) is 0 Å². The van der Waals surface area contributed by atoms with Gasteiger partial charge in [-0.05, 0) is 56.2 Å². The maximum atomic E-state index is 6.11. The van der Waals surface area contributed by atoms with Crippen molar-refractivity contribution in [1.29, 1.82) is 0 Å². The molecule has 0 radical (unpaired) electrons. The van der Waals surface area contributed by atoms with Crippen LogP contribution in [0.4, 0.5) is 5.69 Å². The molecule has 2 fully saturated rings. The zero-order chi connectivity index (χ0) is 14.7. The molecule has 1 atom stereocenters. The van der Waals surface area contributed by atoms with Gasteiger partial charge in [0.25, 0.3) is 0 Å². The molecule has 1 aliphatic carbocycles. The fourth-order valence-corrected chi connectivity index (χ4v) is 2.83. The molecule has 1 aromatic carbocycles. The minimum atomic E-state index is 0.262. The van der Waals surface area contributed by atoms with Gasteiger partial charge in [-0.3, -0.25) is 0 Å². The fourth-order valence-electron chi connectivity index (χ4n) is 2.83. The zero-order valence-electron chi connectivity index (χ0n) is 12.9. The fraction of sp³-hybridized carbons (Fsp3) is 0.647. The van der Waals surface area contributed by atoms with Gasteiger partial charge in [-0.1, -0.05) is 6.07 Å². The predicted octanol–water partition coefficient (Wildman–Crippen LogP) is 2.69. The summed E-state index contributed by atoms with van der Waals surface area (Å²) in [6.45, 7) is 5.24. The van der Waals surface area contributed by atoms with Crippen LogP contribution in [-0.4, -0.2) is 32.5 Å². The van der Waals surface area contributed by atoms with E-state index in [9.17, 15) is 0 Å². The van der Waals surface area contributed by atoms with Crippen molar-refractivity contribution in [3.05, 3.63) is 23.8 Å². The minimum absolute atomic E-state index is 0.262. The third-order valence-electron chi connectivity index (χ3n) is 4.26. The summed E-state index contributed by atoms with van der Waals surface area (Å²) < 4.78 is 11.4. The van der Waals surface area contributed by atoms with Crippen molar-refractivity contribution >= 4 is 5.69 Å². The number of rotatable bonds is 6. The Kier molecular flexibility index (Phi) is 4.66. The molecule has 2 aliphatic rings. The largest absolute Gasteiger partial charge is 0.465 e. The summed E-state index contributed by atoms with van der Waals surface area (Å²) in [5.74, 6) is 1.68. The summed E-state index contributed by atoms with van der Waals surface area (Å²) >= 11 is 0. The molecule has 116 valence electrons. The van der Waals surface area contributed by atoms with Crippen LogP contribution in [0.2, 0.25) is 0 Å². The number of ether oxygens (including phenoxy) is 2. The van der Waals surface area contributed by atoms with Crippen LogP contribution in [0.1, 0.15) is 31.2 Å². The lowest BCUT2D eigenvalue weighted by atomic mass is 10.0. The van der Waals surface area contributed by atoms with E-state index in [1.807, 2.05) is 6.07 Å². The van der Waals surface area contributed by atoms with Crippen LogP contribution >= 0.6 is 0 Å². The van der Waals surface area contributed by atoms with E-state index in [1.165, 1.54) is 18.4 Å². The second-order valence-corrected chi connectivity index (χ2v) is 6.40. The van der Waals surface area contributed by atoms with Gasteiger partial charge < -0.3 is 20.1 Å². The first-order valence-electron chi connectivity index (χ1n) is 8.04. The first-order chi connectivity index (χ1) is 10.2. The molecule has 0 aromatic heterocycles. The van der Waals surface area contributed by atoms with Gasteiger partial charge in [0, 0.05) is 19.1 Å². The van der Waals surface area contributed by atoms with Crippen molar-refractivity contribution < 1.29 is 9.47 Å². The van der Waals surface area contributed by atoms with Crippen LogP contribution in [0.25, 0.3) is 0 Å². The summed E-state index contributed by atoms with van der Waals surface area (Å²) in [6.07, 6.45) is 4.87. The van der Waals surface area contributed by atoms with E-state index in [1.54, 1.807) is 0 Å². The van der Waals surface area contributed by atoms with E-state index >= 15 is 0 Å². The lowest BCUT2D eigenvalue weighted by Crippen LogP contribution is -2.43. The van der Waals surface area contributed by atoms with Crippen molar-refractivity contribution in [2.45, 2.75) is 38.6 Å². The zero-order valence-corrected chi connectivity index (χ0v) is 12.9. The summed E-state index contributed by atoms with van der Waals surface area (Å²) in [7, 11) is 0. The Labute approximate surface area is 127 Å². The van der Waals surface area contributed by atoms with Gasteiger partial charge >= 0.3 is 0 Å². The van der Waals surface area contributed by atoms with Crippen LogP contribution in [-0.2, 0) is 4.74 Å². The minimum Gasteiger partial charge on any atom is -0.465 e. The molecule has 3 rings (SSSR count). The van der Waals surface area contributed by atoms with Crippen molar-refractivity contribution in [1.82, 2.24) is 0 Å². The molecule has 1 aliphatic heterocycles. The third kappa shape index (κ3) is 4.11. The van der Waals surface area contributed by atoms with Crippen LogP contribution in [0, 0.1) is 12.8 Å². The quantitative estimate of drug-likeness (QED) is 0.646. The van der Waals surface area contributed by atoms with Gasteiger partial charge in [0.1, 0.15) is 5.75 Å². The van der Waals surface area contributed by atoms with Gasteiger partial charge in [0.2, 0.25) is 0 Å². The molecule has 4 nitrogen and oxygen atoms in total. The van der Waals surface area contributed by atoms with Gasteiger partial charge in [-0.25, -0.2) is 0 Å². The number of hydrogen-bond acceptors (Lipinski definition) is 4. The molecule has 1 saturated heterocycles. The monoisotopic (exact) mass is 290 g/mol. The van der Waals surface area contributed by atoms with Crippen molar-refractivity contribution in [3.63, 3.8) is 0 Å².